The van der Waals surface area contributed by atoms with Crippen molar-refractivity contribution >= 4 is 17.3 Å². The van der Waals surface area contributed by atoms with Crippen LogP contribution < -0.4 is 5.73 Å². The van der Waals surface area contributed by atoms with Gasteiger partial charge in [0.25, 0.3) is 11.6 Å². The van der Waals surface area contributed by atoms with Crippen LogP contribution >= 0.6 is 0 Å². The number of nitro benzene ring substituents is 1. The van der Waals surface area contributed by atoms with Crippen molar-refractivity contribution in [1.82, 2.24) is 9.80 Å². The van der Waals surface area contributed by atoms with Crippen LogP contribution in [-0.2, 0) is 0 Å². The van der Waals surface area contributed by atoms with Crippen molar-refractivity contribution in [1.29, 1.82) is 0 Å². The molecule has 0 atom stereocenters. The normalized spacial score (nSPS) is 15.1. The van der Waals surface area contributed by atoms with Gasteiger partial charge in [0.05, 0.1) is 10.5 Å². The van der Waals surface area contributed by atoms with Gasteiger partial charge in [0.1, 0.15) is 0 Å². The Bertz CT molecular complexity index is 541. The summed E-state index contributed by atoms with van der Waals surface area (Å²) in [5.74, 6) is -0.282. The lowest BCUT2D eigenvalue weighted by atomic mass is 10.1. The van der Waals surface area contributed by atoms with E-state index in [1.807, 2.05) is 0 Å². The number of carbonyl (C=O) groups excluding carboxylic acids is 1. The number of nitrogens with zero attached hydrogens (tertiary/aromatic N) is 3. The van der Waals surface area contributed by atoms with Crippen LogP contribution in [0, 0.1) is 10.1 Å². The van der Waals surface area contributed by atoms with Gasteiger partial charge in [0.15, 0.2) is 0 Å². The Balaban J connectivity index is 2.03. The molecule has 0 bridgehead atoms. The second-order valence-electron chi connectivity index (χ2n) is 5.30. The van der Waals surface area contributed by atoms with Crippen LogP contribution in [0.4, 0.5) is 11.4 Å². The predicted octanol–water partition coefficient (Wildman–Crippen LogP) is 1.34. The highest BCUT2D eigenvalue weighted by molar-refractivity contribution is 5.99. The van der Waals surface area contributed by atoms with Gasteiger partial charge in [0, 0.05) is 38.0 Å². The number of likely N-dealkylation sites (tertiary alicyclic amines) is 1. The predicted molar refractivity (Wildman–Crippen MR) is 80.1 cm³/mol. The fraction of sp³-hybridized carbons (Fsp3) is 0.500. The molecule has 7 nitrogen and oxygen atoms in total. The Morgan fingerprint density at radius 1 is 1.43 bits per heavy atom. The van der Waals surface area contributed by atoms with Crippen LogP contribution in [0.1, 0.15) is 23.2 Å². The lowest BCUT2D eigenvalue weighted by Crippen LogP contribution is -2.35. The zero-order valence-electron chi connectivity index (χ0n) is 12.1. The number of rotatable bonds is 5. The number of nitro groups is 1. The number of benzene rings is 1. The van der Waals surface area contributed by atoms with Gasteiger partial charge in [-0.1, -0.05) is 0 Å². The van der Waals surface area contributed by atoms with Crippen LogP contribution in [0.2, 0.25) is 0 Å². The number of likely N-dealkylation sites (N-methyl/N-ethyl adjacent to an activating group) is 1. The highest BCUT2D eigenvalue weighted by atomic mass is 16.6. The second kappa shape index (κ2) is 6.53. The molecule has 1 fully saturated rings. The van der Waals surface area contributed by atoms with E-state index in [2.05, 4.69) is 4.90 Å². The first-order valence-corrected chi connectivity index (χ1v) is 7.01. The van der Waals surface area contributed by atoms with Crippen LogP contribution in [0.25, 0.3) is 0 Å². The van der Waals surface area contributed by atoms with Crippen molar-refractivity contribution in [2.24, 2.45) is 0 Å². The van der Waals surface area contributed by atoms with Crippen molar-refractivity contribution < 1.29 is 9.72 Å². The van der Waals surface area contributed by atoms with Crippen LogP contribution in [0.5, 0.6) is 0 Å². The number of non-ortho nitro benzene ring substituents is 1. The van der Waals surface area contributed by atoms with Gasteiger partial charge < -0.3 is 15.5 Å². The summed E-state index contributed by atoms with van der Waals surface area (Å²) in [7, 11) is 1.69. The molecule has 2 rings (SSSR count). The molecule has 0 radical (unpaired) electrons. The molecule has 21 heavy (non-hydrogen) atoms. The molecule has 1 heterocycles. The summed E-state index contributed by atoms with van der Waals surface area (Å²) in [6.45, 7) is 3.54. The smallest absolute Gasteiger partial charge is 0.270 e. The molecular formula is C14H20N4O3. The molecule has 7 heteroatoms. The molecule has 1 aliphatic heterocycles. The minimum Gasteiger partial charge on any atom is -0.398 e. The molecule has 1 saturated heterocycles. The van der Waals surface area contributed by atoms with Crippen molar-refractivity contribution in [2.45, 2.75) is 12.8 Å². The highest BCUT2D eigenvalue weighted by Crippen LogP contribution is 2.21. The molecule has 2 N–H and O–H groups in total. The summed E-state index contributed by atoms with van der Waals surface area (Å²) < 4.78 is 0. The van der Waals surface area contributed by atoms with E-state index in [0.29, 0.717) is 6.54 Å². The van der Waals surface area contributed by atoms with Gasteiger partial charge in [-0.25, -0.2) is 0 Å². The SMILES string of the molecule is CN(CCN1CCCC1)C(=O)c1cc([N+](=O)[O-])ccc1N. The maximum atomic E-state index is 12.3. The second-order valence-corrected chi connectivity index (χ2v) is 5.30. The molecule has 0 aromatic heterocycles. The van der Waals surface area contributed by atoms with Gasteiger partial charge in [-0.15, -0.1) is 0 Å². The topological polar surface area (TPSA) is 92.7 Å². The van der Waals surface area contributed by atoms with Crippen LogP contribution in [0.15, 0.2) is 18.2 Å². The number of amides is 1. The van der Waals surface area contributed by atoms with E-state index in [1.165, 1.54) is 31.0 Å². The van der Waals surface area contributed by atoms with E-state index in [9.17, 15) is 14.9 Å². The third-order valence-corrected chi connectivity index (χ3v) is 3.78. The third-order valence-electron chi connectivity index (χ3n) is 3.78. The molecule has 0 spiro atoms. The quantitative estimate of drug-likeness (QED) is 0.502. The zero-order chi connectivity index (χ0) is 15.4. The Hall–Kier alpha value is -2.15. The molecule has 0 aliphatic carbocycles. The number of carbonyl (C=O) groups is 1. The van der Waals surface area contributed by atoms with Gasteiger partial charge in [-0.05, 0) is 32.0 Å². The Morgan fingerprint density at radius 3 is 2.71 bits per heavy atom. The monoisotopic (exact) mass is 292 g/mol. The standard InChI is InChI=1S/C14H20N4O3/c1-16(8-9-17-6-2-3-7-17)14(19)12-10-11(18(20)21)4-5-13(12)15/h4-5,10H,2-3,6-9,15H2,1H3. The van der Waals surface area contributed by atoms with E-state index >= 15 is 0 Å². The number of hydrogen-bond donors (Lipinski definition) is 1. The number of nitrogens with two attached hydrogens (primary N) is 1. The Morgan fingerprint density at radius 2 is 2.10 bits per heavy atom. The summed E-state index contributed by atoms with van der Waals surface area (Å²) in [5, 5.41) is 10.8. The lowest BCUT2D eigenvalue weighted by Gasteiger charge is -2.22. The summed E-state index contributed by atoms with van der Waals surface area (Å²) in [6, 6.07) is 3.94. The van der Waals surface area contributed by atoms with E-state index in [0.717, 1.165) is 19.6 Å². The average Bonchev–Trinajstić information content (AvgIpc) is 2.97. The maximum Gasteiger partial charge on any atom is 0.270 e. The van der Waals surface area contributed by atoms with Crippen LogP contribution in [0.3, 0.4) is 0 Å². The number of hydrogen-bond acceptors (Lipinski definition) is 5. The number of nitrogen functional groups attached to an aromatic ring is 1. The first kappa shape index (κ1) is 15.2. The minimum absolute atomic E-state index is 0.125. The van der Waals surface area contributed by atoms with Crippen molar-refractivity contribution in [3.8, 4) is 0 Å². The third kappa shape index (κ3) is 3.69. The first-order valence-electron chi connectivity index (χ1n) is 7.01. The minimum atomic E-state index is -0.527. The van der Waals surface area contributed by atoms with Crippen molar-refractivity contribution in [3.05, 3.63) is 33.9 Å². The average molecular weight is 292 g/mol. The molecule has 1 aromatic rings. The zero-order valence-corrected chi connectivity index (χ0v) is 12.1. The summed E-state index contributed by atoms with van der Waals surface area (Å²) in [5.41, 5.74) is 6.09. The summed E-state index contributed by atoms with van der Waals surface area (Å²) in [4.78, 5) is 26.5. The summed E-state index contributed by atoms with van der Waals surface area (Å²) >= 11 is 0. The van der Waals surface area contributed by atoms with Gasteiger partial charge in [0.2, 0.25) is 0 Å². The molecule has 0 saturated carbocycles. The van der Waals surface area contributed by atoms with E-state index in [-0.39, 0.29) is 22.8 Å². The molecule has 1 amide bonds. The van der Waals surface area contributed by atoms with Gasteiger partial charge in [-0.2, -0.15) is 0 Å². The maximum absolute atomic E-state index is 12.3. The molecule has 1 aromatic carbocycles. The number of anilines is 1. The van der Waals surface area contributed by atoms with Crippen molar-refractivity contribution in [3.63, 3.8) is 0 Å². The van der Waals surface area contributed by atoms with Gasteiger partial charge in [-0.3, -0.25) is 14.9 Å². The molecular weight excluding hydrogens is 272 g/mol. The van der Waals surface area contributed by atoms with E-state index < -0.39 is 4.92 Å². The van der Waals surface area contributed by atoms with E-state index in [1.54, 1.807) is 11.9 Å². The first-order chi connectivity index (χ1) is 9.99. The van der Waals surface area contributed by atoms with E-state index in [4.69, 9.17) is 5.73 Å². The largest absolute Gasteiger partial charge is 0.398 e. The Labute approximate surface area is 123 Å². The fourth-order valence-electron chi connectivity index (χ4n) is 2.45. The Kier molecular flexibility index (Phi) is 4.74. The highest BCUT2D eigenvalue weighted by Gasteiger charge is 2.19. The molecule has 0 unspecified atom stereocenters. The van der Waals surface area contributed by atoms with Crippen LogP contribution in [-0.4, -0.2) is 53.9 Å². The fourth-order valence-corrected chi connectivity index (χ4v) is 2.45. The molecule has 114 valence electrons. The molecule has 1 aliphatic rings. The van der Waals surface area contributed by atoms with Crippen molar-refractivity contribution in [2.75, 3.05) is 39.0 Å². The van der Waals surface area contributed by atoms with Gasteiger partial charge >= 0.3 is 0 Å². The lowest BCUT2D eigenvalue weighted by molar-refractivity contribution is -0.384. The summed E-state index contributed by atoms with van der Waals surface area (Å²) in [6.07, 6.45) is 2.41.